The maximum Gasteiger partial charge on any atom is 0.434 e. The number of benzene rings is 2. The molecule has 0 bridgehead atoms. The number of nitrogens with zero attached hydrogens (tertiary/aromatic N) is 2. The van der Waals surface area contributed by atoms with Gasteiger partial charge in [0, 0.05) is 5.69 Å². The van der Waals surface area contributed by atoms with Crippen LogP contribution < -0.4 is 5.32 Å². The summed E-state index contributed by atoms with van der Waals surface area (Å²) in [7, 11) is 0. The van der Waals surface area contributed by atoms with E-state index in [2.05, 4.69) is 10.4 Å². The van der Waals surface area contributed by atoms with Crippen molar-refractivity contribution in [2.75, 3.05) is 5.32 Å². The van der Waals surface area contributed by atoms with Crippen LogP contribution in [0.3, 0.4) is 0 Å². The Labute approximate surface area is 148 Å². The standard InChI is InChI=1S/C19H16F3N3O/c1-12-3-7-14(8-4-12)24-18(26)16-11-23-25(17(16)19(20,21)22)15-9-5-13(2)6-10-15/h3-11H,1-2H3,(H,24,26). The Hall–Kier alpha value is -3.09. The number of carbonyl (C=O) groups excluding carboxylic acids is 1. The summed E-state index contributed by atoms with van der Waals surface area (Å²) >= 11 is 0. The lowest BCUT2D eigenvalue weighted by atomic mass is 10.2. The van der Waals surface area contributed by atoms with E-state index in [9.17, 15) is 18.0 Å². The number of nitrogens with one attached hydrogen (secondary N) is 1. The molecule has 134 valence electrons. The average molecular weight is 359 g/mol. The minimum atomic E-state index is -4.73. The lowest BCUT2D eigenvalue weighted by Gasteiger charge is -2.13. The Morgan fingerprint density at radius 2 is 1.50 bits per heavy atom. The van der Waals surface area contributed by atoms with Gasteiger partial charge in [0.05, 0.1) is 17.4 Å². The highest BCUT2D eigenvalue weighted by atomic mass is 19.4. The van der Waals surface area contributed by atoms with Gasteiger partial charge in [0.15, 0.2) is 5.69 Å². The first-order valence-electron chi connectivity index (χ1n) is 7.86. The predicted molar refractivity (Wildman–Crippen MR) is 92.4 cm³/mol. The van der Waals surface area contributed by atoms with Crippen LogP contribution >= 0.6 is 0 Å². The molecule has 0 aliphatic rings. The van der Waals surface area contributed by atoms with E-state index in [0.717, 1.165) is 22.0 Å². The van der Waals surface area contributed by atoms with Gasteiger partial charge in [-0.3, -0.25) is 4.79 Å². The zero-order chi connectivity index (χ0) is 18.9. The van der Waals surface area contributed by atoms with E-state index < -0.39 is 23.3 Å². The highest BCUT2D eigenvalue weighted by molar-refractivity contribution is 6.05. The molecule has 0 saturated carbocycles. The van der Waals surface area contributed by atoms with E-state index in [1.54, 1.807) is 36.4 Å². The van der Waals surface area contributed by atoms with Crippen LogP contribution in [0.4, 0.5) is 18.9 Å². The summed E-state index contributed by atoms with van der Waals surface area (Å²) in [6.07, 6.45) is -3.80. The van der Waals surface area contributed by atoms with Gasteiger partial charge in [0.2, 0.25) is 0 Å². The zero-order valence-corrected chi connectivity index (χ0v) is 14.1. The number of amides is 1. The van der Waals surface area contributed by atoms with E-state index in [-0.39, 0.29) is 5.69 Å². The fraction of sp³-hybridized carbons (Fsp3) is 0.158. The molecule has 0 fully saturated rings. The topological polar surface area (TPSA) is 46.9 Å². The van der Waals surface area contributed by atoms with Gasteiger partial charge in [0.1, 0.15) is 0 Å². The second-order valence-corrected chi connectivity index (χ2v) is 5.97. The molecule has 0 atom stereocenters. The molecule has 0 unspecified atom stereocenters. The van der Waals surface area contributed by atoms with Crippen molar-refractivity contribution in [2.24, 2.45) is 0 Å². The summed E-state index contributed by atoms with van der Waals surface area (Å²) in [6, 6.07) is 13.2. The van der Waals surface area contributed by atoms with Crippen LogP contribution in [-0.2, 0) is 6.18 Å². The fourth-order valence-electron chi connectivity index (χ4n) is 2.50. The maximum atomic E-state index is 13.6. The minimum Gasteiger partial charge on any atom is -0.322 e. The minimum absolute atomic E-state index is 0.234. The summed E-state index contributed by atoms with van der Waals surface area (Å²) in [5, 5.41) is 6.27. The van der Waals surface area contributed by atoms with Crippen molar-refractivity contribution >= 4 is 11.6 Å². The van der Waals surface area contributed by atoms with Crippen LogP contribution in [0.5, 0.6) is 0 Å². The van der Waals surface area contributed by atoms with E-state index in [0.29, 0.717) is 5.69 Å². The summed E-state index contributed by atoms with van der Waals surface area (Å²) in [6.45, 7) is 3.71. The number of hydrogen-bond acceptors (Lipinski definition) is 2. The third-order valence-corrected chi connectivity index (χ3v) is 3.87. The third-order valence-electron chi connectivity index (χ3n) is 3.87. The Morgan fingerprint density at radius 1 is 0.962 bits per heavy atom. The van der Waals surface area contributed by atoms with Crippen LogP contribution in [0.15, 0.2) is 54.7 Å². The molecule has 0 aliphatic heterocycles. The van der Waals surface area contributed by atoms with Crippen molar-refractivity contribution in [1.82, 2.24) is 9.78 Å². The molecule has 4 nitrogen and oxygen atoms in total. The van der Waals surface area contributed by atoms with Crippen LogP contribution in [0.1, 0.15) is 27.2 Å². The quantitative estimate of drug-likeness (QED) is 0.733. The first-order chi connectivity index (χ1) is 12.3. The van der Waals surface area contributed by atoms with Gasteiger partial charge in [-0.15, -0.1) is 0 Å². The van der Waals surface area contributed by atoms with Crippen LogP contribution in [0.2, 0.25) is 0 Å². The van der Waals surface area contributed by atoms with Crippen molar-refractivity contribution in [1.29, 1.82) is 0 Å². The molecule has 26 heavy (non-hydrogen) atoms. The largest absolute Gasteiger partial charge is 0.434 e. The number of aryl methyl sites for hydroxylation is 2. The predicted octanol–water partition coefficient (Wildman–Crippen LogP) is 4.76. The molecular formula is C19H16F3N3O. The summed E-state index contributed by atoms with van der Waals surface area (Å²) in [5.41, 5.74) is 0.900. The fourth-order valence-corrected chi connectivity index (χ4v) is 2.50. The molecule has 7 heteroatoms. The molecule has 1 heterocycles. The van der Waals surface area contributed by atoms with Gasteiger partial charge in [-0.2, -0.15) is 18.3 Å². The Bertz CT molecular complexity index is 926. The van der Waals surface area contributed by atoms with Gasteiger partial charge < -0.3 is 5.32 Å². The van der Waals surface area contributed by atoms with Gasteiger partial charge in [-0.05, 0) is 38.1 Å². The van der Waals surface area contributed by atoms with E-state index in [4.69, 9.17) is 0 Å². The van der Waals surface area contributed by atoms with Crippen LogP contribution in [0.25, 0.3) is 5.69 Å². The normalized spacial score (nSPS) is 11.4. The summed E-state index contributed by atoms with van der Waals surface area (Å²) in [5.74, 6) is -0.862. The summed E-state index contributed by atoms with van der Waals surface area (Å²) < 4.78 is 41.6. The Balaban J connectivity index is 2.00. The molecule has 1 amide bonds. The van der Waals surface area contributed by atoms with Gasteiger partial charge >= 0.3 is 6.18 Å². The van der Waals surface area contributed by atoms with Crippen molar-refractivity contribution < 1.29 is 18.0 Å². The number of alkyl halides is 3. The molecule has 2 aromatic carbocycles. The monoisotopic (exact) mass is 359 g/mol. The van der Waals surface area contributed by atoms with Gasteiger partial charge in [0.25, 0.3) is 5.91 Å². The molecule has 0 aliphatic carbocycles. The second-order valence-electron chi connectivity index (χ2n) is 5.97. The van der Waals surface area contributed by atoms with Crippen molar-refractivity contribution in [3.63, 3.8) is 0 Å². The third kappa shape index (κ3) is 3.61. The van der Waals surface area contributed by atoms with E-state index in [1.165, 1.54) is 12.1 Å². The molecule has 3 rings (SSSR count). The van der Waals surface area contributed by atoms with Crippen molar-refractivity contribution in [2.45, 2.75) is 20.0 Å². The molecule has 0 radical (unpaired) electrons. The molecular weight excluding hydrogens is 343 g/mol. The van der Waals surface area contributed by atoms with E-state index in [1.807, 2.05) is 13.8 Å². The van der Waals surface area contributed by atoms with Gasteiger partial charge in [-0.1, -0.05) is 35.4 Å². The molecule has 1 aromatic heterocycles. The number of anilines is 1. The molecule has 1 N–H and O–H groups in total. The number of rotatable bonds is 3. The number of hydrogen-bond donors (Lipinski definition) is 1. The molecule has 0 saturated heterocycles. The number of aromatic nitrogens is 2. The highest BCUT2D eigenvalue weighted by Gasteiger charge is 2.40. The SMILES string of the molecule is Cc1ccc(NC(=O)c2cnn(-c3ccc(C)cc3)c2C(F)(F)F)cc1. The Morgan fingerprint density at radius 3 is 2.04 bits per heavy atom. The summed E-state index contributed by atoms with van der Waals surface area (Å²) in [4.78, 5) is 12.4. The average Bonchev–Trinajstić information content (AvgIpc) is 3.03. The first-order valence-corrected chi connectivity index (χ1v) is 7.86. The van der Waals surface area contributed by atoms with E-state index >= 15 is 0 Å². The number of carbonyl (C=O) groups is 1. The lowest BCUT2D eigenvalue weighted by Crippen LogP contribution is -2.20. The second kappa shape index (κ2) is 6.67. The Kier molecular flexibility index (Phi) is 4.54. The number of halogens is 3. The first kappa shape index (κ1) is 17.7. The zero-order valence-electron chi connectivity index (χ0n) is 14.1. The van der Waals surface area contributed by atoms with Crippen LogP contribution in [-0.4, -0.2) is 15.7 Å². The maximum absolute atomic E-state index is 13.6. The lowest BCUT2D eigenvalue weighted by molar-refractivity contribution is -0.143. The molecule has 3 aromatic rings. The van der Waals surface area contributed by atoms with Crippen LogP contribution in [0, 0.1) is 13.8 Å². The highest BCUT2D eigenvalue weighted by Crippen LogP contribution is 2.34. The molecule has 0 spiro atoms. The van der Waals surface area contributed by atoms with Gasteiger partial charge in [-0.25, -0.2) is 4.68 Å². The van der Waals surface area contributed by atoms with Crippen molar-refractivity contribution in [3.05, 3.63) is 77.1 Å². The van der Waals surface area contributed by atoms with Crippen molar-refractivity contribution in [3.8, 4) is 5.69 Å². The smallest absolute Gasteiger partial charge is 0.322 e.